The van der Waals surface area contributed by atoms with Crippen LogP contribution in [-0.2, 0) is 0 Å². The summed E-state index contributed by atoms with van der Waals surface area (Å²) in [5.74, 6) is 0. The predicted octanol–water partition coefficient (Wildman–Crippen LogP) is 14.3. The molecule has 12 rings (SSSR count). The second kappa shape index (κ2) is 17.6. The molecule has 0 aliphatic rings. The van der Waals surface area contributed by atoms with Crippen LogP contribution in [-0.4, -0.2) is 12.6 Å². The Balaban J connectivity index is 1.09. The van der Waals surface area contributed by atoms with Gasteiger partial charge < -0.3 is 14.4 Å². The molecule has 3 nitrogen and oxygen atoms in total. The molecule has 0 spiro atoms. The summed E-state index contributed by atoms with van der Waals surface area (Å²) in [5.41, 5.74) is 10.0. The van der Waals surface area contributed by atoms with E-state index in [1.807, 2.05) is 0 Å². The summed E-state index contributed by atoms with van der Waals surface area (Å²) in [7, 11) is -2.83. The van der Waals surface area contributed by atoms with Crippen LogP contribution in [0, 0.1) is 0 Å². The number of rotatable bonds is 11. The van der Waals surface area contributed by atoms with Crippen molar-refractivity contribution in [2.75, 3.05) is 9.80 Å². The Morgan fingerprint density at radius 1 is 0.250 bits per heavy atom. The van der Waals surface area contributed by atoms with E-state index in [1.165, 1.54) is 47.8 Å². The van der Waals surface area contributed by atoms with Gasteiger partial charge in [-0.25, -0.2) is 0 Å². The van der Waals surface area contributed by atoms with E-state index < -0.39 is 8.07 Å². The lowest BCUT2D eigenvalue weighted by Crippen LogP contribution is -2.74. The SMILES string of the molecule is c1ccc(N(c2ccccc2)c2ccc(N(c3ccc4ccccc4c3)c3ccc4c(c3)c3cc([Si](c5ccccc5)(c5ccccc5)c5ccccc5)ccc3n4-c3ccccc3)cc2)cc1. The van der Waals surface area contributed by atoms with Gasteiger partial charge in [0.15, 0.2) is 8.07 Å². The van der Waals surface area contributed by atoms with E-state index in [0.29, 0.717) is 0 Å². The minimum atomic E-state index is -2.83. The van der Waals surface area contributed by atoms with Gasteiger partial charge in [0.25, 0.3) is 0 Å². The number of benzene rings is 11. The van der Waals surface area contributed by atoms with Crippen LogP contribution in [0.1, 0.15) is 0 Å². The minimum absolute atomic E-state index is 1.07. The smallest absolute Gasteiger partial charge is 0.179 e. The molecular weight excluding hydrogens is 839 g/mol. The highest BCUT2D eigenvalue weighted by atomic mass is 28.3. The topological polar surface area (TPSA) is 11.4 Å². The standard InChI is InChI=1S/C64H47N3Si/c1-7-23-50(24-8-1)65(51-25-9-2-10-26-51)53-37-39-54(40-38-53)66(55-36-35-48-21-19-20-22-49(48)45-55)56-41-43-63-61(46-56)62-47-60(42-44-64(62)67(63)52-27-11-3-12-28-52)68(57-29-13-4-14-30-57,58-31-15-5-16-32-58)59-33-17-6-18-34-59/h1-47H. The molecule has 0 atom stereocenters. The van der Waals surface area contributed by atoms with Crippen molar-refractivity contribution in [2.24, 2.45) is 0 Å². The maximum Gasteiger partial charge on any atom is 0.179 e. The third-order valence-electron chi connectivity index (χ3n) is 13.5. The summed E-state index contributed by atoms with van der Waals surface area (Å²) in [4.78, 5) is 4.73. The summed E-state index contributed by atoms with van der Waals surface area (Å²) in [6.45, 7) is 0. The van der Waals surface area contributed by atoms with E-state index in [-0.39, 0.29) is 0 Å². The molecule has 1 heterocycles. The van der Waals surface area contributed by atoms with Gasteiger partial charge >= 0.3 is 0 Å². The first-order chi connectivity index (χ1) is 33.7. The molecule has 1 aromatic heterocycles. The Kier molecular flexibility index (Phi) is 10.6. The van der Waals surface area contributed by atoms with Crippen molar-refractivity contribution >= 4 is 95.5 Å². The second-order valence-electron chi connectivity index (χ2n) is 17.3. The van der Waals surface area contributed by atoms with E-state index in [2.05, 4.69) is 299 Å². The molecule has 12 aromatic rings. The van der Waals surface area contributed by atoms with Crippen LogP contribution in [0.25, 0.3) is 38.3 Å². The Bertz CT molecular complexity index is 3520. The lowest BCUT2D eigenvalue weighted by Gasteiger charge is -2.34. The van der Waals surface area contributed by atoms with Crippen LogP contribution >= 0.6 is 0 Å². The summed E-state index contributed by atoms with van der Waals surface area (Å²) in [5, 5.41) is 10.2. The third-order valence-corrected chi connectivity index (χ3v) is 18.2. The highest BCUT2D eigenvalue weighted by Crippen LogP contribution is 2.42. The van der Waals surface area contributed by atoms with Gasteiger partial charge in [-0.05, 0) is 129 Å². The van der Waals surface area contributed by atoms with Crippen molar-refractivity contribution in [3.05, 3.63) is 285 Å². The summed E-state index contributed by atoms with van der Waals surface area (Å²) in [6.07, 6.45) is 0. The largest absolute Gasteiger partial charge is 0.311 e. The molecule has 0 N–H and O–H groups in total. The first-order valence-electron chi connectivity index (χ1n) is 23.3. The third kappa shape index (κ3) is 7.16. The molecule has 0 bridgehead atoms. The van der Waals surface area contributed by atoms with Crippen LogP contribution < -0.4 is 30.5 Å². The number of hydrogen-bond donors (Lipinski definition) is 0. The second-order valence-corrected chi connectivity index (χ2v) is 21.2. The molecule has 0 aliphatic heterocycles. The molecule has 68 heavy (non-hydrogen) atoms. The lowest BCUT2D eigenvalue weighted by molar-refractivity contribution is 1.18. The zero-order valence-corrected chi connectivity index (χ0v) is 38.5. The average Bonchev–Trinajstić information content (AvgIpc) is 3.74. The van der Waals surface area contributed by atoms with Crippen molar-refractivity contribution in [1.82, 2.24) is 4.57 Å². The number of fused-ring (bicyclic) bond motifs is 4. The summed E-state index contributed by atoms with van der Waals surface area (Å²) in [6, 6.07) is 104. The van der Waals surface area contributed by atoms with E-state index in [1.54, 1.807) is 0 Å². The number of para-hydroxylation sites is 3. The molecule has 0 amide bonds. The fourth-order valence-corrected chi connectivity index (χ4v) is 15.2. The molecule has 4 heteroatoms. The van der Waals surface area contributed by atoms with Gasteiger partial charge in [-0.3, -0.25) is 0 Å². The molecule has 0 saturated carbocycles. The van der Waals surface area contributed by atoms with Gasteiger partial charge in [0.1, 0.15) is 0 Å². The van der Waals surface area contributed by atoms with Gasteiger partial charge in [0.05, 0.1) is 11.0 Å². The minimum Gasteiger partial charge on any atom is -0.311 e. The summed E-state index contributed by atoms with van der Waals surface area (Å²) < 4.78 is 2.44. The van der Waals surface area contributed by atoms with Gasteiger partial charge in [0, 0.05) is 50.6 Å². The molecule has 0 fully saturated rings. The summed E-state index contributed by atoms with van der Waals surface area (Å²) >= 11 is 0. The maximum absolute atomic E-state index is 2.83. The van der Waals surface area contributed by atoms with Gasteiger partial charge in [-0.2, -0.15) is 0 Å². The molecular formula is C64H47N3Si. The van der Waals surface area contributed by atoms with Gasteiger partial charge in [0.2, 0.25) is 0 Å². The Morgan fingerprint density at radius 2 is 0.618 bits per heavy atom. The fraction of sp³-hybridized carbons (Fsp3) is 0. The highest BCUT2D eigenvalue weighted by molar-refractivity contribution is 7.20. The molecule has 322 valence electrons. The van der Waals surface area contributed by atoms with Crippen LogP contribution in [0.5, 0.6) is 0 Å². The molecule has 0 unspecified atom stereocenters. The van der Waals surface area contributed by atoms with Crippen molar-refractivity contribution in [2.45, 2.75) is 0 Å². The highest BCUT2D eigenvalue weighted by Gasteiger charge is 2.41. The maximum atomic E-state index is 2.52. The average molecular weight is 886 g/mol. The Labute approximate surface area is 398 Å². The van der Waals surface area contributed by atoms with Crippen LogP contribution in [0.4, 0.5) is 34.1 Å². The van der Waals surface area contributed by atoms with Crippen molar-refractivity contribution in [1.29, 1.82) is 0 Å². The van der Waals surface area contributed by atoms with Gasteiger partial charge in [-0.15, -0.1) is 0 Å². The van der Waals surface area contributed by atoms with Crippen molar-refractivity contribution in [3.8, 4) is 5.69 Å². The van der Waals surface area contributed by atoms with Crippen LogP contribution in [0.2, 0.25) is 0 Å². The Morgan fingerprint density at radius 3 is 1.15 bits per heavy atom. The number of aromatic nitrogens is 1. The lowest BCUT2D eigenvalue weighted by atomic mass is 10.1. The van der Waals surface area contributed by atoms with Crippen molar-refractivity contribution in [3.63, 3.8) is 0 Å². The predicted molar refractivity (Wildman–Crippen MR) is 291 cm³/mol. The van der Waals surface area contributed by atoms with Gasteiger partial charge in [-0.1, -0.05) is 188 Å². The molecule has 0 radical (unpaired) electrons. The van der Waals surface area contributed by atoms with E-state index >= 15 is 0 Å². The molecule has 0 aliphatic carbocycles. The number of hydrogen-bond acceptors (Lipinski definition) is 2. The van der Waals surface area contributed by atoms with E-state index in [0.717, 1.165) is 45.3 Å². The first kappa shape index (κ1) is 40.8. The van der Waals surface area contributed by atoms with Crippen molar-refractivity contribution < 1.29 is 0 Å². The van der Waals surface area contributed by atoms with Crippen LogP contribution in [0.3, 0.4) is 0 Å². The normalized spacial score (nSPS) is 11.5. The monoisotopic (exact) mass is 885 g/mol. The van der Waals surface area contributed by atoms with E-state index in [4.69, 9.17) is 0 Å². The molecule has 11 aromatic carbocycles. The Hall–Kier alpha value is -8.70. The van der Waals surface area contributed by atoms with Crippen LogP contribution in [0.15, 0.2) is 285 Å². The molecule has 0 saturated heterocycles. The number of anilines is 6. The quantitative estimate of drug-likeness (QED) is 0.0947. The zero-order chi connectivity index (χ0) is 45.3. The first-order valence-corrected chi connectivity index (χ1v) is 25.3. The zero-order valence-electron chi connectivity index (χ0n) is 37.5. The van der Waals surface area contributed by atoms with E-state index in [9.17, 15) is 0 Å². The fourth-order valence-electron chi connectivity index (χ4n) is 10.4. The number of nitrogens with zero attached hydrogens (tertiary/aromatic N) is 3.